The second-order valence-electron chi connectivity index (χ2n) is 6.11. The lowest BCUT2D eigenvalue weighted by Gasteiger charge is -2.07. The van der Waals surface area contributed by atoms with Crippen molar-refractivity contribution in [1.82, 2.24) is 0 Å². The first-order chi connectivity index (χ1) is 12.7. The van der Waals surface area contributed by atoms with Gasteiger partial charge in [-0.2, -0.15) is 0 Å². The number of benzene rings is 2. The zero-order valence-corrected chi connectivity index (χ0v) is 15.3. The van der Waals surface area contributed by atoms with Crippen LogP contribution in [0.3, 0.4) is 0 Å². The van der Waals surface area contributed by atoms with Crippen LogP contribution in [0.2, 0.25) is 0 Å². The molecule has 0 bridgehead atoms. The van der Waals surface area contributed by atoms with Crippen molar-refractivity contribution in [2.24, 2.45) is 0 Å². The fourth-order valence-electron chi connectivity index (χ4n) is 3.13. The van der Waals surface area contributed by atoms with Gasteiger partial charge in [0.15, 0.2) is 5.78 Å². The summed E-state index contributed by atoms with van der Waals surface area (Å²) in [6.07, 6.45) is 5.43. The molecular weight excluding hydrogens is 324 g/mol. The lowest BCUT2D eigenvalue weighted by molar-refractivity contribution is -0.111. The molecule has 0 N–H and O–H groups in total. The predicted molar refractivity (Wildman–Crippen MR) is 105 cm³/mol. The molecule has 3 heteroatoms. The third-order valence-electron chi connectivity index (χ3n) is 4.34. The first kappa shape index (κ1) is 18.0. The predicted octanol–water partition coefficient (Wildman–Crippen LogP) is 5.31. The summed E-state index contributed by atoms with van der Waals surface area (Å²) in [5.41, 5.74) is 3.57. The van der Waals surface area contributed by atoms with Gasteiger partial charge in [-0.3, -0.25) is 4.79 Å². The molecule has 0 radical (unpaired) electrons. The number of Topliss-reactive ketones (excluding diaryl/α,β-unsaturated/α-hetero) is 1. The van der Waals surface area contributed by atoms with Crippen molar-refractivity contribution < 1.29 is 14.3 Å². The monoisotopic (exact) mass is 348 g/mol. The van der Waals surface area contributed by atoms with E-state index in [1.807, 2.05) is 74.5 Å². The highest BCUT2D eigenvalue weighted by molar-refractivity contribution is 6.15. The van der Waals surface area contributed by atoms with E-state index in [1.54, 1.807) is 0 Å². The van der Waals surface area contributed by atoms with Crippen molar-refractivity contribution in [2.75, 3.05) is 13.2 Å². The number of ketones is 1. The lowest BCUT2D eigenvalue weighted by atomic mass is 10.1. The van der Waals surface area contributed by atoms with Crippen LogP contribution in [0.4, 0.5) is 0 Å². The fraction of sp³-hybridized carbons (Fsp3) is 0.261. The summed E-state index contributed by atoms with van der Waals surface area (Å²) in [7, 11) is 0. The van der Waals surface area contributed by atoms with Crippen LogP contribution in [-0.4, -0.2) is 19.0 Å². The van der Waals surface area contributed by atoms with Crippen LogP contribution in [-0.2, 0) is 4.79 Å². The van der Waals surface area contributed by atoms with E-state index in [2.05, 4.69) is 0 Å². The van der Waals surface area contributed by atoms with Gasteiger partial charge in [0.25, 0.3) is 0 Å². The number of hydrogen-bond acceptors (Lipinski definition) is 3. The Balaban J connectivity index is 1.87. The number of hydrogen-bond donors (Lipinski definition) is 0. The van der Waals surface area contributed by atoms with Crippen molar-refractivity contribution in [1.29, 1.82) is 0 Å². The van der Waals surface area contributed by atoms with Gasteiger partial charge in [-0.15, -0.1) is 0 Å². The third kappa shape index (κ3) is 4.05. The van der Waals surface area contributed by atoms with E-state index in [4.69, 9.17) is 9.47 Å². The number of para-hydroxylation sites is 2. The summed E-state index contributed by atoms with van der Waals surface area (Å²) in [6, 6.07) is 15.6. The summed E-state index contributed by atoms with van der Waals surface area (Å²) >= 11 is 0. The SMILES string of the molecule is CCOc1ccccc1C=C1CCC(=Cc2ccccc2OCC)C1=O. The molecule has 26 heavy (non-hydrogen) atoms. The minimum absolute atomic E-state index is 0.114. The number of carbonyl (C=O) groups excluding carboxylic acids is 1. The maximum Gasteiger partial charge on any atom is 0.185 e. The molecule has 134 valence electrons. The van der Waals surface area contributed by atoms with Gasteiger partial charge in [-0.1, -0.05) is 36.4 Å². The average Bonchev–Trinajstić information content (AvgIpc) is 2.99. The zero-order valence-electron chi connectivity index (χ0n) is 15.3. The Morgan fingerprint density at radius 3 is 1.62 bits per heavy atom. The van der Waals surface area contributed by atoms with Gasteiger partial charge in [0.1, 0.15) is 11.5 Å². The first-order valence-corrected chi connectivity index (χ1v) is 9.12. The van der Waals surface area contributed by atoms with E-state index in [-0.39, 0.29) is 5.78 Å². The van der Waals surface area contributed by atoms with Crippen LogP contribution >= 0.6 is 0 Å². The van der Waals surface area contributed by atoms with Crippen molar-refractivity contribution in [3.05, 3.63) is 70.8 Å². The van der Waals surface area contributed by atoms with Gasteiger partial charge >= 0.3 is 0 Å². The summed E-state index contributed by atoms with van der Waals surface area (Å²) in [4.78, 5) is 12.8. The van der Waals surface area contributed by atoms with Crippen molar-refractivity contribution in [2.45, 2.75) is 26.7 Å². The van der Waals surface area contributed by atoms with Crippen LogP contribution in [0.25, 0.3) is 12.2 Å². The summed E-state index contributed by atoms with van der Waals surface area (Å²) < 4.78 is 11.3. The maximum atomic E-state index is 12.8. The van der Waals surface area contributed by atoms with Crippen molar-refractivity contribution in [3.63, 3.8) is 0 Å². The van der Waals surface area contributed by atoms with E-state index in [1.165, 1.54) is 0 Å². The van der Waals surface area contributed by atoms with Crippen LogP contribution in [0.1, 0.15) is 37.8 Å². The number of carbonyl (C=O) groups is 1. The number of allylic oxidation sites excluding steroid dienone is 2. The van der Waals surface area contributed by atoms with Gasteiger partial charge in [0, 0.05) is 22.3 Å². The zero-order chi connectivity index (χ0) is 18.4. The Hall–Kier alpha value is -2.81. The highest BCUT2D eigenvalue weighted by Gasteiger charge is 2.23. The standard InChI is InChI=1S/C23H24O3/c1-3-25-21-11-7-5-9-17(21)15-19-13-14-20(23(19)24)16-18-10-6-8-12-22(18)26-4-2/h5-12,15-16H,3-4,13-14H2,1-2H3. The quantitative estimate of drug-likeness (QED) is 0.663. The molecule has 2 aromatic carbocycles. The number of ether oxygens (including phenoxy) is 2. The Morgan fingerprint density at radius 1 is 0.769 bits per heavy atom. The maximum absolute atomic E-state index is 12.8. The van der Waals surface area contributed by atoms with Gasteiger partial charge in [0.05, 0.1) is 13.2 Å². The molecule has 3 rings (SSSR count). The van der Waals surface area contributed by atoms with E-state index in [0.29, 0.717) is 13.2 Å². The van der Waals surface area contributed by atoms with Crippen molar-refractivity contribution in [3.8, 4) is 11.5 Å². The van der Waals surface area contributed by atoms with Crippen molar-refractivity contribution >= 4 is 17.9 Å². The van der Waals surface area contributed by atoms with E-state index in [0.717, 1.165) is 46.6 Å². The fourth-order valence-corrected chi connectivity index (χ4v) is 3.13. The molecule has 1 aliphatic rings. The Morgan fingerprint density at radius 2 is 1.19 bits per heavy atom. The van der Waals surface area contributed by atoms with Gasteiger partial charge in [0.2, 0.25) is 0 Å². The van der Waals surface area contributed by atoms with E-state index >= 15 is 0 Å². The minimum atomic E-state index is 0.114. The van der Waals surface area contributed by atoms with Crippen LogP contribution < -0.4 is 9.47 Å². The number of rotatable bonds is 6. The summed E-state index contributed by atoms with van der Waals surface area (Å²) in [5.74, 6) is 1.74. The third-order valence-corrected chi connectivity index (χ3v) is 4.34. The minimum Gasteiger partial charge on any atom is -0.493 e. The molecular formula is C23H24O3. The van der Waals surface area contributed by atoms with Crippen LogP contribution in [0.5, 0.6) is 11.5 Å². The second kappa shape index (κ2) is 8.52. The Bertz CT molecular complexity index is 777. The molecule has 2 aromatic rings. The molecule has 1 saturated carbocycles. The van der Waals surface area contributed by atoms with Gasteiger partial charge in [-0.05, 0) is 51.0 Å². The topological polar surface area (TPSA) is 35.5 Å². The normalized spacial score (nSPS) is 17.1. The first-order valence-electron chi connectivity index (χ1n) is 9.12. The van der Waals surface area contributed by atoms with E-state index < -0.39 is 0 Å². The molecule has 3 nitrogen and oxygen atoms in total. The molecule has 0 heterocycles. The molecule has 0 aromatic heterocycles. The van der Waals surface area contributed by atoms with E-state index in [9.17, 15) is 4.79 Å². The smallest absolute Gasteiger partial charge is 0.185 e. The second-order valence-corrected chi connectivity index (χ2v) is 6.11. The lowest BCUT2D eigenvalue weighted by Crippen LogP contribution is -1.98. The average molecular weight is 348 g/mol. The molecule has 0 amide bonds. The molecule has 0 saturated heterocycles. The molecule has 0 unspecified atom stereocenters. The van der Waals surface area contributed by atoms with Crippen LogP contribution in [0.15, 0.2) is 59.7 Å². The molecule has 0 aliphatic heterocycles. The Kier molecular flexibility index (Phi) is 5.90. The summed E-state index contributed by atoms with van der Waals surface area (Å²) in [5, 5.41) is 0. The highest BCUT2D eigenvalue weighted by Crippen LogP contribution is 2.32. The largest absolute Gasteiger partial charge is 0.493 e. The molecule has 0 spiro atoms. The van der Waals surface area contributed by atoms with Crippen LogP contribution in [0, 0.1) is 0 Å². The molecule has 1 fully saturated rings. The molecule has 0 atom stereocenters. The Labute approximate surface area is 155 Å². The highest BCUT2D eigenvalue weighted by atomic mass is 16.5. The van der Waals surface area contributed by atoms with Gasteiger partial charge < -0.3 is 9.47 Å². The molecule has 1 aliphatic carbocycles. The van der Waals surface area contributed by atoms with Gasteiger partial charge in [-0.25, -0.2) is 0 Å². The summed E-state index contributed by atoms with van der Waals surface area (Å²) in [6.45, 7) is 5.13.